The molecule has 0 bridgehead atoms. The zero-order valence-corrected chi connectivity index (χ0v) is 14.6. The molecule has 1 aliphatic heterocycles. The Morgan fingerprint density at radius 1 is 1.43 bits per heavy atom. The largest absolute Gasteiger partial charge is 0.492 e. The fraction of sp³-hybridized carbons (Fsp3) is 0.647. The van der Waals surface area contributed by atoms with Crippen molar-refractivity contribution in [3.63, 3.8) is 0 Å². The number of rotatable bonds is 8. The van der Waals surface area contributed by atoms with Crippen LogP contribution in [0.3, 0.4) is 0 Å². The molecule has 1 saturated heterocycles. The highest BCUT2D eigenvalue weighted by Gasteiger charge is 2.15. The van der Waals surface area contributed by atoms with E-state index in [2.05, 4.69) is 47.2 Å². The summed E-state index contributed by atoms with van der Waals surface area (Å²) < 4.78 is 12.5. The van der Waals surface area contributed by atoms with E-state index in [4.69, 9.17) is 9.47 Å². The topological polar surface area (TPSA) is 30.5 Å². The number of nitrogens with one attached hydrogen (secondary N) is 1. The van der Waals surface area contributed by atoms with Crippen molar-refractivity contribution < 1.29 is 9.47 Å². The summed E-state index contributed by atoms with van der Waals surface area (Å²) in [5.74, 6) is 1.59. The SMILES string of the molecule is CC(C)CNCc1ccc(OCCC2CCCO2)c(Br)c1. The third-order valence-electron chi connectivity index (χ3n) is 3.60. The molecule has 1 N–H and O–H groups in total. The molecule has 3 nitrogen and oxygen atoms in total. The summed E-state index contributed by atoms with van der Waals surface area (Å²) in [7, 11) is 0. The van der Waals surface area contributed by atoms with Crippen molar-refractivity contribution in [2.75, 3.05) is 19.8 Å². The second-order valence-corrected chi connectivity index (χ2v) is 6.92. The quantitative estimate of drug-likeness (QED) is 0.759. The van der Waals surface area contributed by atoms with Crippen molar-refractivity contribution in [2.45, 2.75) is 45.8 Å². The number of hydrogen-bond acceptors (Lipinski definition) is 3. The van der Waals surface area contributed by atoms with Crippen LogP contribution in [0.1, 0.15) is 38.7 Å². The molecule has 1 heterocycles. The maximum atomic E-state index is 5.85. The average Bonchev–Trinajstić information content (AvgIpc) is 2.94. The monoisotopic (exact) mass is 355 g/mol. The lowest BCUT2D eigenvalue weighted by molar-refractivity contribution is 0.0902. The lowest BCUT2D eigenvalue weighted by Crippen LogP contribution is -2.18. The van der Waals surface area contributed by atoms with E-state index < -0.39 is 0 Å². The lowest BCUT2D eigenvalue weighted by atomic mass is 10.2. The van der Waals surface area contributed by atoms with Crippen LogP contribution in [0, 0.1) is 5.92 Å². The molecule has 4 heteroatoms. The van der Waals surface area contributed by atoms with Crippen LogP contribution in [0.15, 0.2) is 22.7 Å². The van der Waals surface area contributed by atoms with Crippen LogP contribution in [0.5, 0.6) is 5.75 Å². The van der Waals surface area contributed by atoms with E-state index in [9.17, 15) is 0 Å². The van der Waals surface area contributed by atoms with E-state index in [1.807, 2.05) is 6.07 Å². The summed E-state index contributed by atoms with van der Waals surface area (Å²) in [6.07, 6.45) is 3.73. The van der Waals surface area contributed by atoms with Gasteiger partial charge in [-0.1, -0.05) is 19.9 Å². The highest BCUT2D eigenvalue weighted by Crippen LogP contribution is 2.26. The van der Waals surface area contributed by atoms with E-state index in [0.29, 0.717) is 18.6 Å². The number of hydrogen-bond donors (Lipinski definition) is 1. The standard InChI is InChI=1S/C17H26BrNO2/c1-13(2)11-19-12-14-5-6-17(16(18)10-14)21-9-7-15-4-3-8-20-15/h5-6,10,13,15,19H,3-4,7-9,11-12H2,1-2H3. The first-order valence-electron chi connectivity index (χ1n) is 7.88. The maximum absolute atomic E-state index is 5.85. The fourth-order valence-electron chi connectivity index (χ4n) is 2.45. The third kappa shape index (κ3) is 5.97. The van der Waals surface area contributed by atoms with Crippen molar-refractivity contribution >= 4 is 15.9 Å². The molecule has 1 atom stereocenters. The molecule has 1 unspecified atom stereocenters. The molecule has 1 aromatic carbocycles. The fourth-order valence-corrected chi connectivity index (χ4v) is 2.99. The van der Waals surface area contributed by atoms with Crippen LogP contribution in [-0.2, 0) is 11.3 Å². The molecule has 2 rings (SSSR count). The van der Waals surface area contributed by atoms with Crippen LogP contribution in [0.25, 0.3) is 0 Å². The predicted octanol–water partition coefficient (Wildman–Crippen LogP) is 4.14. The van der Waals surface area contributed by atoms with Gasteiger partial charge in [-0.05, 0) is 58.9 Å². The van der Waals surface area contributed by atoms with Crippen LogP contribution < -0.4 is 10.1 Å². The molecule has 0 saturated carbocycles. The molecular formula is C17H26BrNO2. The smallest absolute Gasteiger partial charge is 0.133 e. The van der Waals surface area contributed by atoms with E-state index in [-0.39, 0.29) is 0 Å². The second-order valence-electron chi connectivity index (χ2n) is 6.06. The summed E-state index contributed by atoms with van der Waals surface area (Å²) in [6.45, 7) is 7.99. The van der Waals surface area contributed by atoms with Crippen molar-refractivity contribution in [3.05, 3.63) is 28.2 Å². The van der Waals surface area contributed by atoms with Gasteiger partial charge in [0.25, 0.3) is 0 Å². The number of benzene rings is 1. The molecule has 1 aromatic rings. The van der Waals surface area contributed by atoms with Crippen molar-refractivity contribution in [3.8, 4) is 5.75 Å². The van der Waals surface area contributed by atoms with Gasteiger partial charge in [-0.15, -0.1) is 0 Å². The Morgan fingerprint density at radius 3 is 2.95 bits per heavy atom. The zero-order valence-electron chi connectivity index (χ0n) is 13.0. The van der Waals surface area contributed by atoms with Gasteiger partial charge in [0.15, 0.2) is 0 Å². The Balaban J connectivity index is 1.75. The van der Waals surface area contributed by atoms with Gasteiger partial charge in [-0.2, -0.15) is 0 Å². The highest BCUT2D eigenvalue weighted by molar-refractivity contribution is 9.10. The molecule has 118 valence electrons. The molecular weight excluding hydrogens is 330 g/mol. The van der Waals surface area contributed by atoms with Gasteiger partial charge in [0.2, 0.25) is 0 Å². The Bertz CT molecular complexity index is 431. The number of ether oxygens (including phenoxy) is 2. The predicted molar refractivity (Wildman–Crippen MR) is 89.8 cm³/mol. The van der Waals surface area contributed by atoms with Gasteiger partial charge in [0.05, 0.1) is 17.2 Å². The maximum Gasteiger partial charge on any atom is 0.133 e. The van der Waals surface area contributed by atoms with Crippen molar-refractivity contribution in [1.82, 2.24) is 5.32 Å². The van der Waals surface area contributed by atoms with Crippen molar-refractivity contribution in [1.29, 1.82) is 0 Å². The Labute approximate surface area is 136 Å². The van der Waals surface area contributed by atoms with Crippen LogP contribution in [0.4, 0.5) is 0 Å². The first-order chi connectivity index (χ1) is 10.1. The molecule has 0 aromatic heterocycles. The minimum absolute atomic E-state index is 0.392. The van der Waals surface area contributed by atoms with Crippen molar-refractivity contribution in [2.24, 2.45) is 5.92 Å². The van der Waals surface area contributed by atoms with Gasteiger partial charge >= 0.3 is 0 Å². The number of halogens is 1. The molecule has 0 amide bonds. The normalized spacial score (nSPS) is 18.4. The summed E-state index contributed by atoms with van der Waals surface area (Å²) in [4.78, 5) is 0. The van der Waals surface area contributed by atoms with E-state index in [1.54, 1.807) is 0 Å². The molecule has 1 aliphatic rings. The summed E-state index contributed by atoms with van der Waals surface area (Å²) in [5, 5.41) is 3.45. The van der Waals surface area contributed by atoms with Crippen LogP contribution >= 0.6 is 15.9 Å². The minimum Gasteiger partial charge on any atom is -0.492 e. The molecule has 0 aliphatic carbocycles. The Kier molecular flexibility index (Phi) is 7.00. The lowest BCUT2D eigenvalue weighted by Gasteiger charge is -2.13. The molecule has 1 fully saturated rings. The first kappa shape index (κ1) is 16.8. The van der Waals surface area contributed by atoms with Gasteiger partial charge in [-0.25, -0.2) is 0 Å². The molecule has 0 radical (unpaired) electrons. The molecule has 21 heavy (non-hydrogen) atoms. The van der Waals surface area contributed by atoms with E-state index >= 15 is 0 Å². The van der Waals surface area contributed by atoms with E-state index in [0.717, 1.165) is 36.3 Å². The van der Waals surface area contributed by atoms with Gasteiger partial charge in [0.1, 0.15) is 5.75 Å². The summed E-state index contributed by atoms with van der Waals surface area (Å²) in [5.41, 5.74) is 1.27. The van der Waals surface area contributed by atoms with Crippen LogP contribution in [-0.4, -0.2) is 25.9 Å². The van der Waals surface area contributed by atoms with Gasteiger partial charge < -0.3 is 14.8 Å². The average molecular weight is 356 g/mol. The zero-order chi connectivity index (χ0) is 15.1. The Morgan fingerprint density at radius 2 is 2.29 bits per heavy atom. The van der Waals surface area contributed by atoms with E-state index in [1.165, 1.54) is 18.4 Å². The second kappa shape index (κ2) is 8.76. The highest BCUT2D eigenvalue weighted by atomic mass is 79.9. The van der Waals surface area contributed by atoms with Gasteiger partial charge in [0, 0.05) is 19.6 Å². The summed E-state index contributed by atoms with van der Waals surface area (Å²) >= 11 is 3.60. The van der Waals surface area contributed by atoms with Gasteiger partial charge in [-0.3, -0.25) is 0 Å². The summed E-state index contributed by atoms with van der Waals surface area (Å²) in [6, 6.07) is 6.31. The third-order valence-corrected chi connectivity index (χ3v) is 4.22. The Hall–Kier alpha value is -0.580. The van der Waals surface area contributed by atoms with Crippen LogP contribution in [0.2, 0.25) is 0 Å². The molecule has 0 spiro atoms. The minimum atomic E-state index is 0.392. The first-order valence-corrected chi connectivity index (χ1v) is 8.68.